The van der Waals surface area contributed by atoms with Crippen LogP contribution in [-0.2, 0) is 16.1 Å². The molecule has 0 saturated carbocycles. The molecule has 0 radical (unpaired) electrons. The third-order valence-corrected chi connectivity index (χ3v) is 2.59. The quantitative estimate of drug-likeness (QED) is 0.734. The Morgan fingerprint density at radius 1 is 1.17 bits per heavy atom. The van der Waals surface area contributed by atoms with Crippen molar-refractivity contribution in [3.63, 3.8) is 0 Å². The van der Waals surface area contributed by atoms with Crippen LogP contribution in [0.2, 0.25) is 0 Å². The molecule has 0 saturated heterocycles. The minimum absolute atomic E-state index is 0.541. The van der Waals surface area contributed by atoms with Crippen molar-refractivity contribution in [1.82, 2.24) is 9.78 Å². The Bertz CT molecular complexity index is 480. The maximum Gasteiger partial charge on any atom is 0.0890 e. The van der Waals surface area contributed by atoms with Crippen molar-refractivity contribution in [2.45, 2.75) is 13.5 Å². The van der Waals surface area contributed by atoms with Gasteiger partial charge in [-0.2, -0.15) is 5.10 Å². The number of para-hydroxylation sites is 1. The summed E-state index contributed by atoms with van der Waals surface area (Å²) in [6.07, 6.45) is 0. The number of rotatable bonds is 6. The van der Waals surface area contributed by atoms with Gasteiger partial charge in [0.2, 0.25) is 0 Å². The van der Waals surface area contributed by atoms with E-state index in [9.17, 15) is 0 Å². The fourth-order valence-corrected chi connectivity index (χ4v) is 1.77. The lowest BCUT2D eigenvalue weighted by Gasteiger charge is -2.07. The molecule has 0 amide bonds. The number of benzene rings is 1. The van der Waals surface area contributed by atoms with Crippen LogP contribution in [0.4, 0.5) is 0 Å². The minimum Gasteiger partial charge on any atom is -0.382 e. The number of hydrogen-bond donors (Lipinski definition) is 0. The highest BCUT2D eigenvalue weighted by molar-refractivity contribution is 5.33. The lowest BCUT2D eigenvalue weighted by molar-refractivity contribution is 0.0594. The number of ether oxygens (including phenoxy) is 2. The van der Waals surface area contributed by atoms with Crippen LogP contribution in [0.1, 0.15) is 11.4 Å². The summed E-state index contributed by atoms with van der Waals surface area (Å²) < 4.78 is 12.4. The van der Waals surface area contributed by atoms with E-state index in [1.54, 1.807) is 7.11 Å². The molecule has 0 N–H and O–H groups in total. The van der Waals surface area contributed by atoms with Crippen LogP contribution in [0.15, 0.2) is 36.4 Å². The lowest BCUT2D eigenvalue weighted by atomic mass is 10.3. The fraction of sp³-hybridized carbons (Fsp3) is 0.357. The summed E-state index contributed by atoms with van der Waals surface area (Å²) >= 11 is 0. The van der Waals surface area contributed by atoms with Crippen LogP contribution in [0.25, 0.3) is 5.69 Å². The van der Waals surface area contributed by atoms with Crippen molar-refractivity contribution >= 4 is 0 Å². The Morgan fingerprint density at radius 3 is 2.67 bits per heavy atom. The normalized spacial score (nSPS) is 10.8. The van der Waals surface area contributed by atoms with E-state index in [1.165, 1.54) is 0 Å². The van der Waals surface area contributed by atoms with Crippen molar-refractivity contribution < 1.29 is 9.47 Å². The topological polar surface area (TPSA) is 36.3 Å². The maximum absolute atomic E-state index is 5.55. The molecule has 0 atom stereocenters. The predicted molar refractivity (Wildman–Crippen MR) is 69.8 cm³/mol. The van der Waals surface area contributed by atoms with Crippen LogP contribution >= 0.6 is 0 Å². The molecule has 0 spiro atoms. The zero-order valence-electron chi connectivity index (χ0n) is 10.8. The van der Waals surface area contributed by atoms with Crippen molar-refractivity contribution in [3.05, 3.63) is 47.8 Å². The van der Waals surface area contributed by atoms with Crippen molar-refractivity contribution in [1.29, 1.82) is 0 Å². The summed E-state index contributed by atoms with van der Waals surface area (Å²) in [5.41, 5.74) is 3.09. The second-order valence-corrected chi connectivity index (χ2v) is 4.07. The number of methoxy groups -OCH3 is 1. The van der Waals surface area contributed by atoms with Crippen molar-refractivity contribution in [3.8, 4) is 5.69 Å². The van der Waals surface area contributed by atoms with Gasteiger partial charge < -0.3 is 9.47 Å². The van der Waals surface area contributed by atoms with Gasteiger partial charge in [0.05, 0.1) is 36.9 Å². The monoisotopic (exact) mass is 246 g/mol. The van der Waals surface area contributed by atoms with Gasteiger partial charge in [-0.25, -0.2) is 4.68 Å². The second-order valence-electron chi connectivity index (χ2n) is 4.07. The van der Waals surface area contributed by atoms with E-state index in [1.807, 2.05) is 48.0 Å². The molecule has 1 heterocycles. The van der Waals surface area contributed by atoms with Crippen LogP contribution in [-0.4, -0.2) is 30.1 Å². The molecular weight excluding hydrogens is 228 g/mol. The van der Waals surface area contributed by atoms with Crippen LogP contribution in [0.5, 0.6) is 0 Å². The fourth-order valence-electron chi connectivity index (χ4n) is 1.77. The first-order valence-corrected chi connectivity index (χ1v) is 5.99. The summed E-state index contributed by atoms with van der Waals surface area (Å²) in [4.78, 5) is 0. The number of aromatic nitrogens is 2. The van der Waals surface area contributed by atoms with E-state index in [0.29, 0.717) is 19.8 Å². The van der Waals surface area contributed by atoms with Crippen molar-refractivity contribution in [2.75, 3.05) is 20.3 Å². The van der Waals surface area contributed by atoms with Gasteiger partial charge in [0.1, 0.15) is 0 Å². The van der Waals surface area contributed by atoms with E-state index in [2.05, 4.69) is 5.10 Å². The molecule has 4 nitrogen and oxygen atoms in total. The Hall–Kier alpha value is -1.65. The molecule has 96 valence electrons. The highest BCUT2D eigenvalue weighted by Crippen LogP contribution is 2.13. The van der Waals surface area contributed by atoms with E-state index < -0.39 is 0 Å². The molecule has 0 aliphatic rings. The van der Waals surface area contributed by atoms with Gasteiger partial charge in [0.15, 0.2) is 0 Å². The highest BCUT2D eigenvalue weighted by atomic mass is 16.5. The molecule has 18 heavy (non-hydrogen) atoms. The molecule has 4 heteroatoms. The highest BCUT2D eigenvalue weighted by Gasteiger charge is 2.07. The van der Waals surface area contributed by atoms with Crippen LogP contribution < -0.4 is 0 Å². The maximum atomic E-state index is 5.55. The average molecular weight is 246 g/mol. The van der Waals surface area contributed by atoms with Gasteiger partial charge in [0.25, 0.3) is 0 Å². The zero-order valence-corrected chi connectivity index (χ0v) is 10.8. The number of hydrogen-bond acceptors (Lipinski definition) is 3. The number of aryl methyl sites for hydroxylation is 1. The Morgan fingerprint density at radius 2 is 1.94 bits per heavy atom. The predicted octanol–water partition coefficient (Wildman–Crippen LogP) is 2.34. The summed E-state index contributed by atoms with van der Waals surface area (Å²) in [5.74, 6) is 0. The third kappa shape index (κ3) is 3.18. The molecule has 1 aromatic carbocycles. The summed E-state index contributed by atoms with van der Waals surface area (Å²) in [7, 11) is 1.67. The van der Waals surface area contributed by atoms with E-state index >= 15 is 0 Å². The standard InChI is InChI=1S/C14H18N2O2/c1-12-10-14(11-18-9-8-17-2)16(15-12)13-6-4-3-5-7-13/h3-7,10H,8-9,11H2,1-2H3. The van der Waals surface area contributed by atoms with Gasteiger partial charge in [-0.1, -0.05) is 18.2 Å². The van der Waals surface area contributed by atoms with Crippen LogP contribution in [0, 0.1) is 6.92 Å². The van der Waals surface area contributed by atoms with E-state index in [0.717, 1.165) is 17.1 Å². The zero-order chi connectivity index (χ0) is 12.8. The molecule has 0 aliphatic heterocycles. The van der Waals surface area contributed by atoms with Crippen LogP contribution in [0.3, 0.4) is 0 Å². The van der Waals surface area contributed by atoms with Gasteiger partial charge in [-0.05, 0) is 25.1 Å². The summed E-state index contributed by atoms with van der Waals surface area (Å²) in [5, 5.41) is 4.49. The second kappa shape index (κ2) is 6.33. The SMILES string of the molecule is COCCOCc1cc(C)nn1-c1ccccc1. The summed E-state index contributed by atoms with van der Waals surface area (Å²) in [6, 6.07) is 12.1. The smallest absolute Gasteiger partial charge is 0.0890 e. The van der Waals surface area contributed by atoms with E-state index in [4.69, 9.17) is 9.47 Å². The van der Waals surface area contributed by atoms with E-state index in [-0.39, 0.29) is 0 Å². The molecule has 1 aromatic heterocycles. The molecule has 0 aliphatic carbocycles. The first kappa shape index (κ1) is 12.8. The molecule has 2 rings (SSSR count). The molecule has 0 unspecified atom stereocenters. The molecule has 0 bridgehead atoms. The molecule has 0 fully saturated rings. The van der Waals surface area contributed by atoms with Gasteiger partial charge in [-0.15, -0.1) is 0 Å². The first-order valence-electron chi connectivity index (χ1n) is 5.99. The summed E-state index contributed by atoms with van der Waals surface area (Å²) in [6.45, 7) is 3.73. The third-order valence-electron chi connectivity index (χ3n) is 2.59. The van der Waals surface area contributed by atoms with Gasteiger partial charge in [-0.3, -0.25) is 0 Å². The average Bonchev–Trinajstić information content (AvgIpc) is 2.77. The first-order chi connectivity index (χ1) is 8.81. The Kier molecular flexibility index (Phi) is 4.50. The molecular formula is C14H18N2O2. The Labute approximate surface area is 107 Å². The van der Waals surface area contributed by atoms with Gasteiger partial charge >= 0.3 is 0 Å². The number of nitrogens with zero attached hydrogens (tertiary/aromatic N) is 2. The molecule has 2 aromatic rings. The lowest BCUT2D eigenvalue weighted by Crippen LogP contribution is -2.06. The minimum atomic E-state index is 0.541. The van der Waals surface area contributed by atoms with Crippen molar-refractivity contribution in [2.24, 2.45) is 0 Å². The largest absolute Gasteiger partial charge is 0.382 e. The Balaban J connectivity index is 2.11. The van der Waals surface area contributed by atoms with Gasteiger partial charge in [0, 0.05) is 7.11 Å².